The van der Waals surface area contributed by atoms with Gasteiger partial charge in [-0.2, -0.15) is 26.3 Å². The van der Waals surface area contributed by atoms with Crippen molar-refractivity contribution in [3.8, 4) is 0 Å². The molecule has 2 amide bonds. The van der Waals surface area contributed by atoms with Gasteiger partial charge >= 0.3 is 12.4 Å². The second kappa shape index (κ2) is 8.65. The lowest BCUT2D eigenvalue weighted by atomic mass is 10.0. The van der Waals surface area contributed by atoms with Crippen LogP contribution in [-0.4, -0.2) is 47.8 Å². The van der Waals surface area contributed by atoms with Crippen LogP contribution in [0.25, 0.3) is 0 Å². The lowest BCUT2D eigenvalue weighted by molar-refractivity contribution is -0.138. The zero-order valence-corrected chi connectivity index (χ0v) is 17.0. The molecule has 1 fully saturated rings. The first-order valence-electron chi connectivity index (χ1n) is 9.52. The van der Waals surface area contributed by atoms with E-state index >= 15 is 0 Å². The summed E-state index contributed by atoms with van der Waals surface area (Å²) in [5.74, 6) is -4.88. The van der Waals surface area contributed by atoms with Crippen molar-refractivity contribution in [3.05, 3.63) is 58.2 Å². The number of nitrogens with zero attached hydrogens (tertiary/aromatic N) is 2. The van der Waals surface area contributed by atoms with Crippen LogP contribution >= 0.6 is 0 Å². The number of nitrogens with two attached hydrogens (primary N) is 2. The van der Waals surface area contributed by atoms with Crippen LogP contribution in [-0.2, 0) is 12.4 Å². The van der Waals surface area contributed by atoms with Gasteiger partial charge in [0.1, 0.15) is 11.6 Å². The first kappa shape index (κ1) is 25.1. The summed E-state index contributed by atoms with van der Waals surface area (Å²) < 4.78 is 107. The SMILES string of the molecule is Nc1cc(C(F)(F)F)c(C(=O)N2CCN(C(=O)c3cc(F)c(N)cc3C(F)(F)F)CC2)cc1F. The number of benzene rings is 2. The molecule has 1 aliphatic heterocycles. The summed E-state index contributed by atoms with van der Waals surface area (Å²) in [6.07, 6.45) is -10.0. The van der Waals surface area contributed by atoms with E-state index in [0.29, 0.717) is 12.1 Å². The van der Waals surface area contributed by atoms with Crippen molar-refractivity contribution in [2.24, 2.45) is 0 Å². The highest BCUT2D eigenvalue weighted by molar-refractivity contribution is 5.98. The van der Waals surface area contributed by atoms with Crippen LogP contribution in [0.2, 0.25) is 0 Å². The van der Waals surface area contributed by atoms with Crippen LogP contribution in [0.4, 0.5) is 46.5 Å². The number of halogens is 8. The second-order valence-electron chi connectivity index (χ2n) is 7.42. The van der Waals surface area contributed by atoms with Crippen molar-refractivity contribution in [2.45, 2.75) is 12.4 Å². The van der Waals surface area contributed by atoms with Gasteiger partial charge in [-0.15, -0.1) is 0 Å². The number of anilines is 2. The molecule has 184 valence electrons. The van der Waals surface area contributed by atoms with E-state index in [9.17, 15) is 44.7 Å². The van der Waals surface area contributed by atoms with Crippen LogP contribution in [0.1, 0.15) is 31.8 Å². The van der Waals surface area contributed by atoms with Crippen molar-refractivity contribution in [3.63, 3.8) is 0 Å². The lowest BCUT2D eigenvalue weighted by Crippen LogP contribution is -2.51. The topological polar surface area (TPSA) is 92.7 Å². The molecule has 1 heterocycles. The Morgan fingerprint density at radius 2 is 0.941 bits per heavy atom. The monoisotopic (exact) mass is 496 g/mol. The standard InChI is InChI=1S/C20H16F8N4O2/c21-13-5-9(11(7-15(13)29)19(23,24)25)17(33)31-1-2-32(4-3-31)18(34)10-6-14(22)16(30)8-12(10)20(26,27)28/h5-8H,1-4,29-30H2. The maximum Gasteiger partial charge on any atom is 0.417 e. The normalized spacial score (nSPS) is 14.9. The molecule has 0 aliphatic carbocycles. The summed E-state index contributed by atoms with van der Waals surface area (Å²) in [5, 5.41) is 0. The Hall–Kier alpha value is -3.58. The zero-order valence-electron chi connectivity index (χ0n) is 17.0. The molecule has 1 saturated heterocycles. The van der Waals surface area contributed by atoms with E-state index in [4.69, 9.17) is 11.5 Å². The van der Waals surface area contributed by atoms with Gasteiger partial charge in [0, 0.05) is 26.2 Å². The number of carbonyl (C=O) groups is 2. The number of rotatable bonds is 2. The molecule has 0 unspecified atom stereocenters. The van der Waals surface area contributed by atoms with Crippen molar-refractivity contribution < 1.29 is 44.7 Å². The van der Waals surface area contributed by atoms with Crippen LogP contribution < -0.4 is 11.5 Å². The van der Waals surface area contributed by atoms with Gasteiger partial charge in [0.05, 0.1) is 33.6 Å². The largest absolute Gasteiger partial charge is 0.417 e. The van der Waals surface area contributed by atoms with Crippen LogP contribution in [0, 0.1) is 11.6 Å². The molecule has 14 heteroatoms. The zero-order chi connectivity index (χ0) is 25.6. The highest BCUT2D eigenvalue weighted by Gasteiger charge is 2.40. The van der Waals surface area contributed by atoms with Crippen LogP contribution in [0.15, 0.2) is 24.3 Å². The Kier molecular flexibility index (Phi) is 6.37. The summed E-state index contributed by atoms with van der Waals surface area (Å²) in [7, 11) is 0. The molecule has 1 aliphatic rings. The summed E-state index contributed by atoms with van der Waals surface area (Å²) in [6, 6.07) is 1.28. The van der Waals surface area contributed by atoms with Gasteiger partial charge < -0.3 is 21.3 Å². The fraction of sp³-hybridized carbons (Fsp3) is 0.300. The van der Waals surface area contributed by atoms with Crippen molar-refractivity contribution in [2.75, 3.05) is 37.6 Å². The molecule has 2 aromatic rings. The molecule has 2 aromatic carbocycles. The number of carbonyl (C=O) groups excluding carboxylic acids is 2. The Morgan fingerprint density at radius 3 is 1.21 bits per heavy atom. The minimum atomic E-state index is -5.02. The quantitative estimate of drug-likeness (QED) is 0.489. The molecule has 3 rings (SSSR count). The predicted molar refractivity (Wildman–Crippen MR) is 103 cm³/mol. The lowest BCUT2D eigenvalue weighted by Gasteiger charge is -2.35. The highest BCUT2D eigenvalue weighted by atomic mass is 19.4. The van der Waals surface area contributed by atoms with E-state index in [1.54, 1.807) is 0 Å². The molecule has 0 bridgehead atoms. The maximum atomic E-state index is 13.8. The van der Waals surface area contributed by atoms with E-state index in [1.807, 2.05) is 0 Å². The van der Waals surface area contributed by atoms with Crippen molar-refractivity contribution in [1.82, 2.24) is 9.80 Å². The Labute approximate surface area is 186 Å². The summed E-state index contributed by atoms with van der Waals surface area (Å²) in [5.41, 5.74) is 3.82. The van der Waals surface area contributed by atoms with Crippen molar-refractivity contribution >= 4 is 23.2 Å². The van der Waals surface area contributed by atoms with Crippen LogP contribution in [0.5, 0.6) is 0 Å². The van der Waals surface area contributed by atoms with Crippen molar-refractivity contribution in [1.29, 1.82) is 0 Å². The minimum absolute atomic E-state index is 0.288. The van der Waals surface area contributed by atoms with Gasteiger partial charge in [-0.1, -0.05) is 0 Å². The maximum absolute atomic E-state index is 13.8. The average molecular weight is 496 g/mol. The number of hydrogen-bond acceptors (Lipinski definition) is 4. The molecule has 34 heavy (non-hydrogen) atoms. The van der Waals surface area contributed by atoms with E-state index in [1.165, 1.54) is 0 Å². The molecule has 4 N–H and O–H groups in total. The van der Waals surface area contributed by atoms with Gasteiger partial charge in [0.2, 0.25) is 0 Å². The number of alkyl halides is 6. The van der Waals surface area contributed by atoms with Gasteiger partial charge in [-0.25, -0.2) is 8.78 Å². The van der Waals surface area contributed by atoms with Crippen LogP contribution in [0.3, 0.4) is 0 Å². The number of nitrogen functional groups attached to an aromatic ring is 2. The second-order valence-corrected chi connectivity index (χ2v) is 7.42. The van der Waals surface area contributed by atoms with E-state index in [-0.39, 0.29) is 38.3 Å². The van der Waals surface area contributed by atoms with Gasteiger partial charge in [-0.05, 0) is 24.3 Å². The summed E-state index contributed by atoms with van der Waals surface area (Å²) in [4.78, 5) is 27.1. The third kappa shape index (κ3) is 4.84. The molecular weight excluding hydrogens is 480 g/mol. The van der Waals surface area contributed by atoms with E-state index in [2.05, 4.69) is 0 Å². The molecule has 0 aromatic heterocycles. The molecule has 0 atom stereocenters. The summed E-state index contributed by atoms with van der Waals surface area (Å²) >= 11 is 0. The number of piperazine rings is 1. The van der Waals surface area contributed by atoms with E-state index in [0.717, 1.165) is 9.80 Å². The first-order chi connectivity index (χ1) is 15.6. The minimum Gasteiger partial charge on any atom is -0.396 e. The predicted octanol–water partition coefficient (Wildman–Crippen LogP) is 3.77. The molecule has 0 saturated carbocycles. The summed E-state index contributed by atoms with van der Waals surface area (Å²) in [6.45, 7) is -1.47. The molecule has 6 nitrogen and oxygen atoms in total. The Morgan fingerprint density at radius 1 is 0.647 bits per heavy atom. The number of hydrogen-bond donors (Lipinski definition) is 2. The molecule has 0 spiro atoms. The van der Waals surface area contributed by atoms with Gasteiger partial charge in [0.15, 0.2) is 0 Å². The third-order valence-corrected chi connectivity index (χ3v) is 5.20. The molecule has 0 radical (unpaired) electrons. The fourth-order valence-electron chi connectivity index (χ4n) is 3.46. The molecular formula is C20H16F8N4O2. The van der Waals surface area contributed by atoms with E-state index < -0.39 is 69.4 Å². The average Bonchev–Trinajstić information content (AvgIpc) is 2.74. The Balaban J connectivity index is 1.82. The Bertz CT molecular complexity index is 1050. The fourth-order valence-corrected chi connectivity index (χ4v) is 3.46. The number of amides is 2. The first-order valence-corrected chi connectivity index (χ1v) is 9.52. The highest BCUT2D eigenvalue weighted by Crippen LogP contribution is 2.36. The smallest absolute Gasteiger partial charge is 0.396 e. The van der Waals surface area contributed by atoms with Gasteiger partial charge in [-0.3, -0.25) is 9.59 Å². The van der Waals surface area contributed by atoms with Gasteiger partial charge in [0.25, 0.3) is 11.8 Å². The third-order valence-electron chi connectivity index (χ3n) is 5.20.